The van der Waals surface area contributed by atoms with Crippen LogP contribution in [0, 0.1) is 11.3 Å². The molecule has 5 nitrogen and oxygen atoms in total. The molecule has 0 aliphatic carbocycles. The first-order valence-electron chi connectivity index (χ1n) is 12.9. The third-order valence-corrected chi connectivity index (χ3v) is 6.45. The maximum absolute atomic E-state index is 8.14. The Morgan fingerprint density at radius 1 is 1.03 bits per heavy atom. The zero-order valence-electron chi connectivity index (χ0n) is 21.3. The molecule has 3 aromatic rings. The van der Waals surface area contributed by atoms with Gasteiger partial charge in [0.05, 0.1) is 0 Å². The second kappa shape index (κ2) is 12.5. The van der Waals surface area contributed by atoms with Gasteiger partial charge < -0.3 is 25.9 Å². The third kappa shape index (κ3) is 6.23. The summed E-state index contributed by atoms with van der Waals surface area (Å²) in [6.07, 6.45) is 4.66. The van der Waals surface area contributed by atoms with E-state index in [1.54, 1.807) is 0 Å². The molecule has 3 aromatic carbocycles. The third-order valence-electron chi connectivity index (χ3n) is 6.45. The van der Waals surface area contributed by atoms with Crippen LogP contribution in [0.3, 0.4) is 0 Å². The summed E-state index contributed by atoms with van der Waals surface area (Å²) in [7, 11) is 0. The van der Waals surface area contributed by atoms with Crippen LogP contribution in [0.1, 0.15) is 55.4 Å². The predicted molar refractivity (Wildman–Crippen MR) is 150 cm³/mol. The van der Waals surface area contributed by atoms with E-state index in [1.165, 1.54) is 17.4 Å². The lowest BCUT2D eigenvalue weighted by atomic mass is 9.83. The van der Waals surface area contributed by atoms with E-state index in [0.29, 0.717) is 13.2 Å². The molecule has 4 N–H and O–H groups in total. The summed E-state index contributed by atoms with van der Waals surface area (Å²) in [5.41, 5.74) is 13.2. The standard InChI is InChI=1S/C31H37N3O2/c1-22(2)30(23-8-4-3-5-9-23)31(24-11-14-27(15-12-24)35-19-17-32)25-13-16-28(26(20-25)21-33)34-29-10-6-7-18-36-29/h3-5,8-9,11-16,20-22,29,33-34H,6-7,10,17-19,32H2,1-2H3/b31-30+,33-21?. The molecule has 1 heterocycles. The number of hydrogen-bond acceptors (Lipinski definition) is 5. The molecule has 0 bridgehead atoms. The van der Waals surface area contributed by atoms with Gasteiger partial charge in [-0.25, -0.2) is 0 Å². The van der Waals surface area contributed by atoms with Crippen LogP contribution in [0.4, 0.5) is 5.69 Å². The average Bonchev–Trinajstić information content (AvgIpc) is 2.92. The molecule has 1 unspecified atom stereocenters. The largest absolute Gasteiger partial charge is 0.492 e. The van der Waals surface area contributed by atoms with Gasteiger partial charge in [-0.2, -0.15) is 0 Å². The van der Waals surface area contributed by atoms with Crippen molar-refractivity contribution < 1.29 is 9.47 Å². The molecule has 4 rings (SSSR count). The Morgan fingerprint density at radius 3 is 2.42 bits per heavy atom. The minimum absolute atomic E-state index is 0.00470. The Labute approximate surface area is 214 Å². The molecular formula is C31H37N3O2. The zero-order valence-corrected chi connectivity index (χ0v) is 21.3. The lowest BCUT2D eigenvalue weighted by Gasteiger charge is -2.26. The van der Waals surface area contributed by atoms with Crippen LogP contribution in [-0.2, 0) is 4.74 Å². The number of nitrogens with two attached hydrogens (primary N) is 1. The monoisotopic (exact) mass is 483 g/mol. The van der Waals surface area contributed by atoms with Crippen LogP contribution in [-0.4, -0.2) is 32.2 Å². The molecule has 0 aromatic heterocycles. The maximum Gasteiger partial charge on any atom is 0.127 e. The van der Waals surface area contributed by atoms with Gasteiger partial charge in [-0.1, -0.05) is 62.4 Å². The Kier molecular flexibility index (Phi) is 8.93. The molecule has 1 aliphatic heterocycles. The van der Waals surface area contributed by atoms with E-state index in [9.17, 15) is 0 Å². The second-order valence-electron chi connectivity index (χ2n) is 9.42. The second-order valence-corrected chi connectivity index (χ2v) is 9.42. The minimum atomic E-state index is -0.00470. The lowest BCUT2D eigenvalue weighted by molar-refractivity contribution is 0.0343. The van der Waals surface area contributed by atoms with Crippen LogP contribution < -0.4 is 15.8 Å². The van der Waals surface area contributed by atoms with Gasteiger partial charge in [0.15, 0.2) is 0 Å². The van der Waals surface area contributed by atoms with Crippen LogP contribution >= 0.6 is 0 Å². The molecule has 1 atom stereocenters. The van der Waals surface area contributed by atoms with Gasteiger partial charge in [0.25, 0.3) is 0 Å². The van der Waals surface area contributed by atoms with Crippen molar-refractivity contribution in [1.29, 1.82) is 5.41 Å². The summed E-state index contributed by atoms with van der Waals surface area (Å²) in [4.78, 5) is 0. The van der Waals surface area contributed by atoms with E-state index in [-0.39, 0.29) is 12.1 Å². The molecule has 0 amide bonds. The van der Waals surface area contributed by atoms with Gasteiger partial charge in [-0.3, -0.25) is 0 Å². The highest BCUT2D eigenvalue weighted by Gasteiger charge is 2.19. The summed E-state index contributed by atoms with van der Waals surface area (Å²) >= 11 is 0. The van der Waals surface area contributed by atoms with Gasteiger partial charge in [0, 0.05) is 30.6 Å². The topological polar surface area (TPSA) is 80.4 Å². The van der Waals surface area contributed by atoms with E-state index in [2.05, 4.69) is 73.8 Å². The molecule has 36 heavy (non-hydrogen) atoms. The average molecular weight is 484 g/mol. The van der Waals surface area contributed by atoms with Crippen LogP contribution in [0.15, 0.2) is 72.8 Å². The van der Waals surface area contributed by atoms with Crippen molar-refractivity contribution >= 4 is 23.0 Å². The predicted octanol–water partition coefficient (Wildman–Crippen LogP) is 6.58. The first-order valence-corrected chi connectivity index (χ1v) is 12.9. The molecule has 0 saturated carbocycles. The molecule has 188 valence electrons. The van der Waals surface area contributed by atoms with Gasteiger partial charge in [0.1, 0.15) is 18.6 Å². The molecule has 0 spiro atoms. The molecule has 0 radical (unpaired) electrons. The normalized spacial score (nSPS) is 16.4. The van der Waals surface area contributed by atoms with E-state index < -0.39 is 0 Å². The van der Waals surface area contributed by atoms with Gasteiger partial charge >= 0.3 is 0 Å². The van der Waals surface area contributed by atoms with Crippen molar-refractivity contribution in [3.63, 3.8) is 0 Å². The van der Waals surface area contributed by atoms with Crippen molar-refractivity contribution in [3.05, 3.63) is 95.1 Å². The summed E-state index contributed by atoms with van der Waals surface area (Å²) in [5, 5.41) is 11.6. The highest BCUT2D eigenvalue weighted by atomic mass is 16.5. The summed E-state index contributed by atoms with van der Waals surface area (Å²) in [6.45, 7) is 6.22. The van der Waals surface area contributed by atoms with E-state index in [1.807, 2.05) is 18.2 Å². The van der Waals surface area contributed by atoms with Crippen molar-refractivity contribution in [2.75, 3.05) is 25.1 Å². The van der Waals surface area contributed by atoms with Gasteiger partial charge in [-0.05, 0) is 77.3 Å². The highest BCUT2D eigenvalue weighted by Crippen LogP contribution is 2.38. The SMILES string of the molecule is CC(C)/C(=C(/c1ccc(OCCN)cc1)c1ccc(NC2CCCCO2)c(C=N)c1)c1ccccc1. The van der Waals surface area contributed by atoms with Crippen molar-refractivity contribution in [1.82, 2.24) is 0 Å². The fourth-order valence-electron chi connectivity index (χ4n) is 4.75. The van der Waals surface area contributed by atoms with Crippen molar-refractivity contribution in [2.45, 2.75) is 39.3 Å². The first kappa shape index (κ1) is 25.7. The Balaban J connectivity index is 1.81. The summed E-state index contributed by atoms with van der Waals surface area (Å²) in [6, 6.07) is 25.1. The van der Waals surface area contributed by atoms with Gasteiger partial charge in [-0.15, -0.1) is 0 Å². The number of ether oxygens (including phenoxy) is 2. The number of benzene rings is 3. The Hall–Kier alpha value is -3.41. The van der Waals surface area contributed by atoms with E-state index in [4.69, 9.17) is 20.6 Å². The Morgan fingerprint density at radius 2 is 1.78 bits per heavy atom. The first-order chi connectivity index (χ1) is 17.6. The molecule has 1 aliphatic rings. The van der Waals surface area contributed by atoms with Crippen LogP contribution in [0.2, 0.25) is 0 Å². The molecule has 1 saturated heterocycles. The highest BCUT2D eigenvalue weighted by molar-refractivity contribution is 6.00. The molecule has 1 fully saturated rings. The fraction of sp³-hybridized carbons (Fsp3) is 0.323. The molecule has 5 heteroatoms. The van der Waals surface area contributed by atoms with E-state index >= 15 is 0 Å². The minimum Gasteiger partial charge on any atom is -0.492 e. The maximum atomic E-state index is 8.14. The summed E-state index contributed by atoms with van der Waals surface area (Å²) < 4.78 is 11.6. The number of allylic oxidation sites excluding steroid dienone is 1. The van der Waals surface area contributed by atoms with Crippen molar-refractivity contribution in [2.24, 2.45) is 11.7 Å². The number of hydrogen-bond donors (Lipinski definition) is 3. The Bertz CT molecular complexity index is 1160. The number of nitrogens with one attached hydrogen (secondary N) is 2. The smallest absolute Gasteiger partial charge is 0.127 e. The molecular weight excluding hydrogens is 446 g/mol. The van der Waals surface area contributed by atoms with Gasteiger partial charge in [0.2, 0.25) is 0 Å². The van der Waals surface area contributed by atoms with E-state index in [0.717, 1.165) is 59.6 Å². The fourth-order valence-corrected chi connectivity index (χ4v) is 4.75. The van der Waals surface area contributed by atoms with Crippen molar-refractivity contribution in [3.8, 4) is 5.75 Å². The number of rotatable bonds is 10. The lowest BCUT2D eigenvalue weighted by Crippen LogP contribution is -2.27. The quantitative estimate of drug-likeness (QED) is 0.225. The number of anilines is 1. The van der Waals surface area contributed by atoms with Crippen LogP contribution in [0.25, 0.3) is 11.1 Å². The van der Waals surface area contributed by atoms with Crippen LogP contribution in [0.5, 0.6) is 5.75 Å². The zero-order chi connectivity index (χ0) is 25.3. The summed E-state index contributed by atoms with van der Waals surface area (Å²) in [5.74, 6) is 1.09.